The second kappa shape index (κ2) is 3.65. The Bertz CT molecular complexity index is 218. The van der Waals surface area contributed by atoms with E-state index in [9.17, 15) is 4.79 Å². The van der Waals surface area contributed by atoms with Crippen LogP contribution in [0.5, 0.6) is 0 Å². The van der Waals surface area contributed by atoms with E-state index in [1.807, 2.05) is 29.1 Å². The summed E-state index contributed by atoms with van der Waals surface area (Å²) in [4.78, 5) is 10.1. The molecule has 0 unspecified atom stereocenters. The predicted molar refractivity (Wildman–Crippen MR) is 40.0 cm³/mol. The van der Waals surface area contributed by atoms with Gasteiger partial charge in [0, 0.05) is 12.4 Å². The van der Waals surface area contributed by atoms with Gasteiger partial charge in [-0.3, -0.25) is 0 Å². The summed E-state index contributed by atoms with van der Waals surface area (Å²) in [7, 11) is 0. The first-order chi connectivity index (χ1) is 5.29. The van der Waals surface area contributed by atoms with Gasteiger partial charge in [0.2, 0.25) is 0 Å². The molecule has 0 spiro atoms. The zero-order chi connectivity index (χ0) is 8.10. The van der Waals surface area contributed by atoms with Gasteiger partial charge >= 0.3 is 6.09 Å². The third-order valence-corrected chi connectivity index (χ3v) is 1.26. The van der Waals surface area contributed by atoms with Crippen LogP contribution in [0.1, 0.15) is 0 Å². The topological polar surface area (TPSA) is 57.3 Å². The van der Waals surface area contributed by atoms with E-state index in [1.54, 1.807) is 0 Å². The van der Waals surface area contributed by atoms with Crippen LogP contribution in [0, 0.1) is 0 Å². The number of rotatable bonds is 3. The molecule has 0 aliphatic carbocycles. The highest BCUT2D eigenvalue weighted by Crippen LogP contribution is 1.89. The molecule has 0 aliphatic rings. The highest BCUT2D eigenvalue weighted by Gasteiger charge is 1.92. The smallest absolute Gasteiger partial charge is 0.404 e. The van der Waals surface area contributed by atoms with Crippen molar-refractivity contribution in [3.63, 3.8) is 0 Å². The number of carbonyl (C=O) groups excluding carboxylic acids is 1. The van der Waals surface area contributed by atoms with Crippen molar-refractivity contribution < 1.29 is 9.53 Å². The van der Waals surface area contributed by atoms with Crippen molar-refractivity contribution in [1.82, 2.24) is 4.57 Å². The minimum Gasteiger partial charge on any atom is -0.448 e. The Balaban J connectivity index is 2.19. The van der Waals surface area contributed by atoms with Crippen LogP contribution in [-0.4, -0.2) is 17.3 Å². The van der Waals surface area contributed by atoms with E-state index in [1.165, 1.54) is 0 Å². The van der Waals surface area contributed by atoms with Crippen LogP contribution in [0.4, 0.5) is 4.79 Å². The number of primary amides is 1. The van der Waals surface area contributed by atoms with Crippen molar-refractivity contribution in [2.75, 3.05) is 6.61 Å². The monoisotopic (exact) mass is 154 g/mol. The number of hydrogen-bond acceptors (Lipinski definition) is 2. The van der Waals surface area contributed by atoms with Gasteiger partial charge in [-0.1, -0.05) is 0 Å². The van der Waals surface area contributed by atoms with Crippen LogP contribution in [0.3, 0.4) is 0 Å². The molecule has 4 heteroatoms. The standard InChI is InChI=1S/C7H10N2O2/c8-7(10)11-6-5-9-3-1-2-4-9/h1-4H,5-6H2,(H2,8,10). The average molecular weight is 154 g/mol. The summed E-state index contributed by atoms with van der Waals surface area (Å²) in [5.74, 6) is 0. The van der Waals surface area contributed by atoms with Crippen LogP contribution < -0.4 is 5.73 Å². The van der Waals surface area contributed by atoms with Gasteiger partial charge in [0.15, 0.2) is 0 Å². The maximum absolute atomic E-state index is 10.1. The first-order valence-electron chi connectivity index (χ1n) is 3.32. The zero-order valence-electron chi connectivity index (χ0n) is 6.06. The van der Waals surface area contributed by atoms with E-state index in [2.05, 4.69) is 4.74 Å². The molecule has 0 fully saturated rings. The molecular weight excluding hydrogens is 144 g/mol. The summed E-state index contributed by atoms with van der Waals surface area (Å²) in [6.45, 7) is 0.972. The van der Waals surface area contributed by atoms with Gasteiger partial charge in [0.25, 0.3) is 0 Å². The number of amides is 1. The van der Waals surface area contributed by atoms with Crippen LogP contribution >= 0.6 is 0 Å². The van der Waals surface area contributed by atoms with E-state index in [4.69, 9.17) is 5.73 Å². The van der Waals surface area contributed by atoms with Gasteiger partial charge in [0.1, 0.15) is 6.61 Å². The van der Waals surface area contributed by atoms with Crippen LogP contribution in [0.25, 0.3) is 0 Å². The minimum atomic E-state index is -0.725. The number of carbonyl (C=O) groups is 1. The fraction of sp³-hybridized carbons (Fsp3) is 0.286. The summed E-state index contributed by atoms with van der Waals surface area (Å²) in [5, 5.41) is 0. The second-order valence-electron chi connectivity index (χ2n) is 2.09. The third kappa shape index (κ3) is 2.75. The predicted octanol–water partition coefficient (Wildman–Crippen LogP) is 0.583. The van der Waals surface area contributed by atoms with Crippen LogP contribution in [0.15, 0.2) is 24.5 Å². The molecule has 1 rings (SSSR count). The molecule has 2 N–H and O–H groups in total. The highest BCUT2D eigenvalue weighted by molar-refractivity contribution is 5.64. The fourth-order valence-corrected chi connectivity index (χ4v) is 0.771. The second-order valence-corrected chi connectivity index (χ2v) is 2.09. The molecule has 0 radical (unpaired) electrons. The number of nitrogens with two attached hydrogens (primary N) is 1. The Labute approximate surface area is 64.6 Å². The van der Waals surface area contributed by atoms with E-state index in [-0.39, 0.29) is 0 Å². The van der Waals surface area contributed by atoms with Gasteiger partial charge in [-0.15, -0.1) is 0 Å². The highest BCUT2D eigenvalue weighted by atomic mass is 16.5. The molecule has 4 nitrogen and oxygen atoms in total. The summed E-state index contributed by atoms with van der Waals surface area (Å²) < 4.78 is 6.44. The molecule has 1 heterocycles. The average Bonchev–Trinajstić information content (AvgIpc) is 2.39. The number of ether oxygens (including phenoxy) is 1. The van der Waals surface area contributed by atoms with Crippen molar-refractivity contribution in [3.8, 4) is 0 Å². The largest absolute Gasteiger partial charge is 0.448 e. The fourth-order valence-electron chi connectivity index (χ4n) is 0.771. The molecule has 0 atom stereocenters. The van der Waals surface area contributed by atoms with Crippen molar-refractivity contribution >= 4 is 6.09 Å². The minimum absolute atomic E-state index is 0.323. The Kier molecular flexibility index (Phi) is 2.54. The number of aromatic nitrogens is 1. The molecule has 11 heavy (non-hydrogen) atoms. The van der Waals surface area contributed by atoms with E-state index < -0.39 is 6.09 Å². The summed E-state index contributed by atoms with van der Waals surface area (Å²) in [5.41, 5.74) is 4.76. The van der Waals surface area contributed by atoms with E-state index in [0.717, 1.165) is 0 Å². The van der Waals surface area contributed by atoms with Crippen LogP contribution in [-0.2, 0) is 11.3 Å². The van der Waals surface area contributed by atoms with Crippen molar-refractivity contribution in [3.05, 3.63) is 24.5 Å². The van der Waals surface area contributed by atoms with Crippen molar-refractivity contribution in [1.29, 1.82) is 0 Å². The molecule has 0 aliphatic heterocycles. The summed E-state index contributed by atoms with van der Waals surface area (Å²) in [6, 6.07) is 3.81. The molecule has 60 valence electrons. The first-order valence-corrected chi connectivity index (χ1v) is 3.32. The lowest BCUT2D eigenvalue weighted by Gasteiger charge is -2.01. The lowest BCUT2D eigenvalue weighted by atomic mass is 10.6. The Morgan fingerprint density at radius 3 is 2.64 bits per heavy atom. The molecular formula is C7H10N2O2. The SMILES string of the molecule is NC(=O)OCCn1cccc1. The number of hydrogen-bond donors (Lipinski definition) is 1. The normalized spacial score (nSPS) is 9.45. The van der Waals surface area contributed by atoms with E-state index >= 15 is 0 Å². The molecule has 1 amide bonds. The van der Waals surface area contributed by atoms with E-state index in [0.29, 0.717) is 13.2 Å². The van der Waals surface area contributed by atoms with Crippen molar-refractivity contribution in [2.45, 2.75) is 6.54 Å². The zero-order valence-corrected chi connectivity index (χ0v) is 6.06. The van der Waals surface area contributed by atoms with Gasteiger partial charge in [-0.25, -0.2) is 4.79 Å². The molecule has 1 aromatic rings. The molecule has 0 saturated heterocycles. The van der Waals surface area contributed by atoms with Gasteiger partial charge in [-0.05, 0) is 12.1 Å². The van der Waals surface area contributed by atoms with Gasteiger partial charge in [0.05, 0.1) is 6.54 Å². The van der Waals surface area contributed by atoms with Crippen molar-refractivity contribution in [2.24, 2.45) is 5.73 Å². The Hall–Kier alpha value is -1.45. The maximum atomic E-state index is 10.1. The quantitative estimate of drug-likeness (QED) is 0.692. The third-order valence-electron chi connectivity index (χ3n) is 1.26. The number of nitrogens with zero attached hydrogens (tertiary/aromatic N) is 1. The van der Waals surface area contributed by atoms with Gasteiger partial charge < -0.3 is 15.0 Å². The first kappa shape index (κ1) is 7.65. The molecule has 0 bridgehead atoms. The molecule has 1 aromatic heterocycles. The lowest BCUT2D eigenvalue weighted by molar-refractivity contribution is 0.152. The summed E-state index contributed by atoms with van der Waals surface area (Å²) in [6.07, 6.45) is 3.06. The molecule has 0 aromatic carbocycles. The molecule has 0 saturated carbocycles. The Morgan fingerprint density at radius 2 is 2.09 bits per heavy atom. The lowest BCUT2D eigenvalue weighted by Crippen LogP contribution is -2.16. The van der Waals surface area contributed by atoms with Crippen LogP contribution in [0.2, 0.25) is 0 Å². The van der Waals surface area contributed by atoms with Gasteiger partial charge in [-0.2, -0.15) is 0 Å². The maximum Gasteiger partial charge on any atom is 0.404 e. The Morgan fingerprint density at radius 1 is 1.45 bits per heavy atom. The summed E-state index contributed by atoms with van der Waals surface area (Å²) >= 11 is 0.